The Balaban J connectivity index is 2.03. The molecule has 0 spiro atoms. The summed E-state index contributed by atoms with van der Waals surface area (Å²) in [5.41, 5.74) is 0.729. The fourth-order valence-corrected chi connectivity index (χ4v) is 2.26. The average molecular weight is 311 g/mol. The molecule has 0 fully saturated rings. The van der Waals surface area contributed by atoms with Crippen molar-refractivity contribution < 1.29 is 19.3 Å². The maximum atomic E-state index is 8.91. The van der Waals surface area contributed by atoms with Crippen molar-refractivity contribution in [3.8, 4) is 23.0 Å². The largest absolute Gasteiger partial charge is 0.493 e. The molecule has 0 aliphatic rings. The van der Waals surface area contributed by atoms with E-state index in [1.807, 2.05) is 42.5 Å². The lowest BCUT2D eigenvalue weighted by molar-refractivity contribution is 0.196. The number of aliphatic hydroxyl groups excluding tert-OH is 1. The van der Waals surface area contributed by atoms with Crippen LogP contribution in [0.1, 0.15) is 0 Å². The van der Waals surface area contributed by atoms with E-state index in [4.69, 9.17) is 19.3 Å². The van der Waals surface area contributed by atoms with Crippen LogP contribution in [-0.4, -0.2) is 30.4 Å². The lowest BCUT2D eigenvalue weighted by atomic mass is 10.2. The van der Waals surface area contributed by atoms with Crippen LogP contribution in [0.25, 0.3) is 10.9 Å². The minimum absolute atomic E-state index is 0.0637. The second kappa shape index (κ2) is 6.98. The summed E-state index contributed by atoms with van der Waals surface area (Å²) in [6.45, 7) is 0.133. The highest BCUT2D eigenvalue weighted by Gasteiger charge is 2.11. The van der Waals surface area contributed by atoms with Gasteiger partial charge in [-0.15, -0.1) is 0 Å². The number of nitrogens with zero attached hydrogens (tertiary/aromatic N) is 1. The molecule has 1 aromatic heterocycles. The third kappa shape index (κ3) is 3.35. The number of benzene rings is 2. The van der Waals surface area contributed by atoms with E-state index in [0.717, 1.165) is 16.7 Å². The van der Waals surface area contributed by atoms with Crippen molar-refractivity contribution in [1.29, 1.82) is 0 Å². The quantitative estimate of drug-likeness (QED) is 0.756. The van der Waals surface area contributed by atoms with Crippen molar-refractivity contribution >= 4 is 10.9 Å². The van der Waals surface area contributed by atoms with Crippen LogP contribution in [-0.2, 0) is 0 Å². The first-order chi connectivity index (χ1) is 11.3. The molecule has 0 atom stereocenters. The Labute approximate surface area is 134 Å². The molecule has 23 heavy (non-hydrogen) atoms. The molecule has 0 unspecified atom stereocenters. The first-order valence-corrected chi connectivity index (χ1v) is 7.25. The Morgan fingerprint density at radius 1 is 1.00 bits per heavy atom. The normalized spacial score (nSPS) is 10.5. The summed E-state index contributed by atoms with van der Waals surface area (Å²) in [4.78, 5) is 4.35. The second-order valence-electron chi connectivity index (χ2n) is 4.82. The predicted molar refractivity (Wildman–Crippen MR) is 87.4 cm³/mol. The first kappa shape index (κ1) is 15.1. The number of aliphatic hydroxyl groups is 1. The van der Waals surface area contributed by atoms with Crippen molar-refractivity contribution in [2.45, 2.75) is 0 Å². The molecule has 0 aliphatic carbocycles. The van der Waals surface area contributed by atoms with Gasteiger partial charge in [0.2, 0.25) is 0 Å². The van der Waals surface area contributed by atoms with Gasteiger partial charge in [-0.1, -0.05) is 18.2 Å². The molecule has 5 heteroatoms. The van der Waals surface area contributed by atoms with Crippen molar-refractivity contribution in [2.24, 2.45) is 0 Å². The van der Waals surface area contributed by atoms with Gasteiger partial charge in [0, 0.05) is 17.6 Å². The third-order valence-electron chi connectivity index (χ3n) is 3.31. The summed E-state index contributed by atoms with van der Waals surface area (Å²) in [5.74, 6) is 2.54. The van der Waals surface area contributed by atoms with Crippen molar-refractivity contribution in [3.05, 3.63) is 54.7 Å². The van der Waals surface area contributed by atoms with Crippen LogP contribution in [0.4, 0.5) is 0 Å². The van der Waals surface area contributed by atoms with E-state index in [9.17, 15) is 0 Å². The molecule has 3 rings (SSSR count). The highest BCUT2D eigenvalue weighted by Crippen LogP contribution is 2.36. The summed E-state index contributed by atoms with van der Waals surface area (Å²) in [5, 5.41) is 9.73. The molecule has 118 valence electrons. The van der Waals surface area contributed by atoms with Crippen molar-refractivity contribution in [3.63, 3.8) is 0 Å². The van der Waals surface area contributed by atoms with Crippen LogP contribution in [0.2, 0.25) is 0 Å². The zero-order valence-corrected chi connectivity index (χ0v) is 12.7. The second-order valence-corrected chi connectivity index (χ2v) is 4.82. The minimum atomic E-state index is -0.0637. The predicted octanol–water partition coefficient (Wildman–Crippen LogP) is 3.41. The Morgan fingerprint density at radius 2 is 1.83 bits per heavy atom. The molecule has 0 saturated carbocycles. The summed E-state index contributed by atoms with van der Waals surface area (Å²) < 4.78 is 16.8. The number of hydrogen-bond donors (Lipinski definition) is 1. The van der Waals surface area contributed by atoms with Gasteiger partial charge in [0.25, 0.3) is 0 Å². The smallest absolute Gasteiger partial charge is 0.163 e. The number of pyridine rings is 1. The van der Waals surface area contributed by atoms with Crippen LogP contribution >= 0.6 is 0 Å². The number of aromatic nitrogens is 1. The summed E-state index contributed by atoms with van der Waals surface area (Å²) in [6, 6.07) is 15.0. The molecule has 0 aliphatic heterocycles. The van der Waals surface area contributed by atoms with Crippen molar-refractivity contribution in [2.75, 3.05) is 20.3 Å². The fourth-order valence-electron chi connectivity index (χ4n) is 2.26. The van der Waals surface area contributed by atoms with E-state index < -0.39 is 0 Å². The lowest BCUT2D eigenvalue weighted by Crippen LogP contribution is -2.03. The van der Waals surface area contributed by atoms with Gasteiger partial charge in [0.05, 0.1) is 19.2 Å². The van der Waals surface area contributed by atoms with Gasteiger partial charge in [0.15, 0.2) is 11.5 Å². The Hall–Kier alpha value is -2.79. The Kier molecular flexibility index (Phi) is 4.59. The van der Waals surface area contributed by atoms with E-state index in [1.165, 1.54) is 0 Å². The molecule has 3 aromatic rings. The highest BCUT2D eigenvalue weighted by molar-refractivity contribution is 5.88. The minimum Gasteiger partial charge on any atom is -0.493 e. The fraction of sp³-hybridized carbons (Fsp3) is 0.167. The van der Waals surface area contributed by atoms with E-state index in [2.05, 4.69) is 4.98 Å². The molecular formula is C18H17NO4. The Morgan fingerprint density at radius 3 is 2.57 bits per heavy atom. The van der Waals surface area contributed by atoms with E-state index >= 15 is 0 Å². The topological polar surface area (TPSA) is 60.8 Å². The third-order valence-corrected chi connectivity index (χ3v) is 3.31. The molecule has 0 amide bonds. The highest BCUT2D eigenvalue weighted by atomic mass is 16.5. The summed E-state index contributed by atoms with van der Waals surface area (Å²) >= 11 is 0. The number of rotatable bonds is 6. The lowest BCUT2D eigenvalue weighted by Gasteiger charge is -2.13. The van der Waals surface area contributed by atoms with E-state index in [0.29, 0.717) is 17.2 Å². The van der Waals surface area contributed by atoms with Gasteiger partial charge >= 0.3 is 0 Å². The summed E-state index contributed by atoms with van der Waals surface area (Å²) in [6.07, 6.45) is 1.68. The van der Waals surface area contributed by atoms with Gasteiger partial charge < -0.3 is 19.3 Å². The molecule has 2 aromatic carbocycles. The summed E-state index contributed by atoms with van der Waals surface area (Å²) in [7, 11) is 1.57. The van der Waals surface area contributed by atoms with Crippen LogP contribution in [0, 0.1) is 0 Å². The molecule has 5 nitrogen and oxygen atoms in total. The van der Waals surface area contributed by atoms with E-state index in [-0.39, 0.29) is 13.2 Å². The van der Waals surface area contributed by atoms with Crippen LogP contribution in [0.5, 0.6) is 23.0 Å². The van der Waals surface area contributed by atoms with Crippen molar-refractivity contribution in [1.82, 2.24) is 4.98 Å². The molecule has 1 heterocycles. The number of methoxy groups -OCH3 is 1. The molecule has 0 saturated heterocycles. The standard InChI is InChI=1S/C18H17NO4/c1-21-17-11-14-15(12-18(17)22-10-9-20)19-8-7-16(14)23-13-5-3-2-4-6-13/h2-8,11-12,20H,9-10H2,1H3. The van der Waals surface area contributed by atoms with Gasteiger partial charge in [-0.25, -0.2) is 0 Å². The maximum Gasteiger partial charge on any atom is 0.163 e. The van der Waals surface area contributed by atoms with E-state index in [1.54, 1.807) is 19.4 Å². The maximum absolute atomic E-state index is 8.91. The Bertz CT molecular complexity index is 790. The van der Waals surface area contributed by atoms with Crippen LogP contribution in [0.3, 0.4) is 0 Å². The van der Waals surface area contributed by atoms with Crippen LogP contribution in [0.15, 0.2) is 54.7 Å². The monoisotopic (exact) mass is 311 g/mol. The number of fused-ring (bicyclic) bond motifs is 1. The molecule has 1 N–H and O–H groups in total. The molecule has 0 radical (unpaired) electrons. The number of para-hydroxylation sites is 1. The number of ether oxygens (including phenoxy) is 3. The van der Waals surface area contributed by atoms with Gasteiger partial charge in [-0.05, 0) is 24.3 Å². The zero-order chi connectivity index (χ0) is 16.1. The van der Waals surface area contributed by atoms with Crippen LogP contribution < -0.4 is 14.2 Å². The zero-order valence-electron chi connectivity index (χ0n) is 12.7. The average Bonchev–Trinajstić information content (AvgIpc) is 2.60. The van der Waals surface area contributed by atoms with Gasteiger partial charge in [-0.3, -0.25) is 4.98 Å². The first-order valence-electron chi connectivity index (χ1n) is 7.25. The van der Waals surface area contributed by atoms with Gasteiger partial charge in [-0.2, -0.15) is 0 Å². The molecule has 0 bridgehead atoms. The number of hydrogen-bond acceptors (Lipinski definition) is 5. The SMILES string of the molecule is COc1cc2c(Oc3ccccc3)ccnc2cc1OCCO. The van der Waals surface area contributed by atoms with Gasteiger partial charge in [0.1, 0.15) is 18.1 Å². The molecular weight excluding hydrogens is 294 g/mol.